The summed E-state index contributed by atoms with van der Waals surface area (Å²) in [6, 6.07) is 9.72. The number of carbonyl (C=O) groups is 1. The Kier molecular flexibility index (Phi) is 3.73. The van der Waals surface area contributed by atoms with Gasteiger partial charge in [-0.3, -0.25) is 9.89 Å². The molecule has 3 rings (SSSR count). The second-order valence-corrected chi connectivity index (χ2v) is 5.71. The number of aromatic nitrogens is 3. The van der Waals surface area contributed by atoms with Gasteiger partial charge in [0.15, 0.2) is 5.82 Å². The van der Waals surface area contributed by atoms with Gasteiger partial charge in [-0.25, -0.2) is 4.98 Å². The number of aromatic amines is 1. The summed E-state index contributed by atoms with van der Waals surface area (Å²) in [7, 11) is 0. The van der Waals surface area contributed by atoms with Gasteiger partial charge in [0.2, 0.25) is 0 Å². The van der Waals surface area contributed by atoms with Gasteiger partial charge < -0.3 is 5.11 Å². The number of aliphatic carboxylic acids is 1. The molecule has 0 amide bonds. The first-order chi connectivity index (χ1) is 10.2. The van der Waals surface area contributed by atoms with Gasteiger partial charge >= 0.3 is 5.97 Å². The summed E-state index contributed by atoms with van der Waals surface area (Å²) in [6.45, 7) is 2.11. The van der Waals surface area contributed by atoms with E-state index in [1.807, 2.05) is 30.3 Å². The predicted molar refractivity (Wildman–Crippen MR) is 78.7 cm³/mol. The third-order valence-electron chi connectivity index (χ3n) is 4.44. The number of H-pyrrole nitrogens is 1. The van der Waals surface area contributed by atoms with Gasteiger partial charge in [0.25, 0.3) is 0 Å². The fraction of sp³-hybridized carbons (Fsp3) is 0.438. The van der Waals surface area contributed by atoms with Crippen molar-refractivity contribution >= 4 is 5.97 Å². The number of rotatable bonds is 4. The maximum absolute atomic E-state index is 11.5. The highest BCUT2D eigenvalue weighted by Crippen LogP contribution is 2.43. The average Bonchev–Trinajstić information content (AvgIpc) is 3.14. The molecule has 1 aliphatic rings. The SMILES string of the molecule is CCC1CC(C(=O)O)C(c2nc(-c3ccccc3)n[nH]2)C1. The smallest absolute Gasteiger partial charge is 0.307 e. The predicted octanol–water partition coefficient (Wildman–Crippen LogP) is 3.08. The minimum absolute atomic E-state index is 0.0580. The average molecular weight is 285 g/mol. The van der Waals surface area contributed by atoms with E-state index in [0.717, 1.165) is 24.8 Å². The molecule has 1 aliphatic carbocycles. The Hall–Kier alpha value is -2.17. The summed E-state index contributed by atoms with van der Waals surface area (Å²) in [6.07, 6.45) is 2.62. The van der Waals surface area contributed by atoms with E-state index >= 15 is 0 Å². The Labute approximate surface area is 123 Å². The minimum Gasteiger partial charge on any atom is -0.481 e. The molecule has 1 aromatic heterocycles. The number of carboxylic acids is 1. The summed E-state index contributed by atoms with van der Waals surface area (Å²) in [4.78, 5) is 16.0. The van der Waals surface area contributed by atoms with Gasteiger partial charge in [-0.05, 0) is 18.8 Å². The third kappa shape index (κ3) is 2.68. The van der Waals surface area contributed by atoms with Crippen LogP contribution < -0.4 is 0 Å². The number of nitrogens with zero attached hydrogens (tertiary/aromatic N) is 2. The van der Waals surface area contributed by atoms with Crippen LogP contribution >= 0.6 is 0 Å². The molecule has 5 nitrogen and oxygen atoms in total. The van der Waals surface area contributed by atoms with Crippen LogP contribution in [0.15, 0.2) is 30.3 Å². The Balaban J connectivity index is 1.87. The quantitative estimate of drug-likeness (QED) is 0.904. The van der Waals surface area contributed by atoms with Gasteiger partial charge in [-0.1, -0.05) is 43.7 Å². The number of hydrogen-bond donors (Lipinski definition) is 2. The normalized spacial score (nSPS) is 25.1. The first-order valence-corrected chi connectivity index (χ1v) is 7.39. The zero-order valence-electron chi connectivity index (χ0n) is 12.0. The van der Waals surface area contributed by atoms with Gasteiger partial charge in [-0.2, -0.15) is 5.10 Å². The fourth-order valence-corrected chi connectivity index (χ4v) is 3.21. The molecule has 3 atom stereocenters. The van der Waals surface area contributed by atoms with E-state index < -0.39 is 5.97 Å². The maximum atomic E-state index is 11.5. The van der Waals surface area contributed by atoms with Crippen LogP contribution in [-0.4, -0.2) is 26.3 Å². The lowest BCUT2D eigenvalue weighted by Gasteiger charge is -2.11. The number of nitrogens with one attached hydrogen (secondary N) is 1. The van der Waals surface area contributed by atoms with E-state index in [2.05, 4.69) is 22.1 Å². The van der Waals surface area contributed by atoms with Crippen molar-refractivity contribution in [2.45, 2.75) is 32.1 Å². The summed E-state index contributed by atoms with van der Waals surface area (Å²) >= 11 is 0. The van der Waals surface area contributed by atoms with Crippen molar-refractivity contribution in [1.82, 2.24) is 15.2 Å². The van der Waals surface area contributed by atoms with Crippen LogP contribution in [0.5, 0.6) is 0 Å². The third-order valence-corrected chi connectivity index (χ3v) is 4.44. The van der Waals surface area contributed by atoms with E-state index in [9.17, 15) is 9.90 Å². The van der Waals surface area contributed by atoms with Crippen LogP contribution in [0.3, 0.4) is 0 Å². The van der Waals surface area contributed by atoms with Crippen LogP contribution in [0.4, 0.5) is 0 Å². The number of hydrogen-bond acceptors (Lipinski definition) is 3. The Morgan fingerprint density at radius 2 is 2.10 bits per heavy atom. The van der Waals surface area contributed by atoms with Crippen LogP contribution in [0, 0.1) is 11.8 Å². The number of carboxylic acid groups (broad SMARTS) is 1. The maximum Gasteiger partial charge on any atom is 0.307 e. The van der Waals surface area contributed by atoms with Crippen molar-refractivity contribution in [3.63, 3.8) is 0 Å². The van der Waals surface area contributed by atoms with Crippen molar-refractivity contribution in [3.8, 4) is 11.4 Å². The first-order valence-electron chi connectivity index (χ1n) is 7.39. The molecule has 1 aromatic carbocycles. The highest BCUT2D eigenvalue weighted by molar-refractivity contribution is 5.71. The zero-order chi connectivity index (χ0) is 14.8. The van der Waals surface area contributed by atoms with Gasteiger partial charge in [0.1, 0.15) is 5.82 Å². The molecule has 1 fully saturated rings. The molecule has 3 unspecified atom stereocenters. The molecule has 1 heterocycles. The molecule has 21 heavy (non-hydrogen) atoms. The number of benzene rings is 1. The van der Waals surface area contributed by atoms with Crippen LogP contribution in [0.2, 0.25) is 0 Å². The molecule has 110 valence electrons. The van der Waals surface area contributed by atoms with E-state index in [1.165, 1.54) is 0 Å². The van der Waals surface area contributed by atoms with Crippen LogP contribution in [0.1, 0.15) is 37.9 Å². The summed E-state index contributed by atoms with van der Waals surface area (Å²) < 4.78 is 0. The molecule has 2 aromatic rings. The first kappa shape index (κ1) is 13.8. The Bertz CT molecular complexity index is 623. The lowest BCUT2D eigenvalue weighted by atomic mass is 9.96. The lowest BCUT2D eigenvalue weighted by molar-refractivity contribution is -0.142. The Morgan fingerprint density at radius 3 is 2.76 bits per heavy atom. The summed E-state index contributed by atoms with van der Waals surface area (Å²) in [5, 5.41) is 16.6. The van der Waals surface area contributed by atoms with Gasteiger partial charge in [0, 0.05) is 11.5 Å². The molecule has 1 saturated carbocycles. The Morgan fingerprint density at radius 1 is 1.33 bits per heavy atom. The molecule has 0 saturated heterocycles. The van der Waals surface area contributed by atoms with Crippen molar-refractivity contribution in [2.24, 2.45) is 11.8 Å². The highest BCUT2D eigenvalue weighted by atomic mass is 16.4. The van der Waals surface area contributed by atoms with Crippen LogP contribution in [-0.2, 0) is 4.79 Å². The lowest BCUT2D eigenvalue weighted by Crippen LogP contribution is -2.17. The topological polar surface area (TPSA) is 78.9 Å². The second kappa shape index (κ2) is 5.68. The zero-order valence-corrected chi connectivity index (χ0v) is 12.0. The monoisotopic (exact) mass is 285 g/mol. The molecule has 0 bridgehead atoms. The van der Waals surface area contributed by atoms with Gasteiger partial charge in [0.05, 0.1) is 5.92 Å². The van der Waals surface area contributed by atoms with Crippen molar-refractivity contribution in [3.05, 3.63) is 36.2 Å². The molecule has 0 radical (unpaired) electrons. The standard InChI is InChI=1S/C16H19N3O2/c1-2-10-8-12(13(9-10)16(20)21)15-17-14(18-19-15)11-6-4-3-5-7-11/h3-7,10,12-13H,2,8-9H2,1H3,(H,20,21)(H,17,18,19). The molecule has 0 spiro atoms. The minimum atomic E-state index is -0.728. The molecule has 2 N–H and O–H groups in total. The van der Waals surface area contributed by atoms with E-state index in [-0.39, 0.29) is 11.8 Å². The van der Waals surface area contributed by atoms with E-state index in [1.54, 1.807) is 0 Å². The largest absolute Gasteiger partial charge is 0.481 e. The molecule has 0 aliphatic heterocycles. The summed E-state index contributed by atoms with van der Waals surface area (Å²) in [5.41, 5.74) is 0.942. The van der Waals surface area contributed by atoms with Crippen molar-refractivity contribution in [1.29, 1.82) is 0 Å². The van der Waals surface area contributed by atoms with Crippen molar-refractivity contribution < 1.29 is 9.90 Å². The fourth-order valence-electron chi connectivity index (χ4n) is 3.21. The molecule has 5 heteroatoms. The van der Waals surface area contributed by atoms with E-state index in [0.29, 0.717) is 17.6 Å². The molecular weight excluding hydrogens is 266 g/mol. The van der Waals surface area contributed by atoms with Crippen molar-refractivity contribution in [2.75, 3.05) is 0 Å². The summed E-state index contributed by atoms with van der Waals surface area (Å²) in [5.74, 6) is 0.658. The second-order valence-electron chi connectivity index (χ2n) is 5.71. The van der Waals surface area contributed by atoms with E-state index in [4.69, 9.17) is 0 Å². The van der Waals surface area contributed by atoms with Crippen LogP contribution in [0.25, 0.3) is 11.4 Å². The van der Waals surface area contributed by atoms with Gasteiger partial charge in [-0.15, -0.1) is 0 Å². The highest BCUT2D eigenvalue weighted by Gasteiger charge is 2.40. The molecular formula is C16H19N3O2.